The van der Waals surface area contributed by atoms with Crippen LogP contribution in [0, 0.1) is 41.5 Å². The molecule has 0 amide bonds. The predicted octanol–water partition coefficient (Wildman–Crippen LogP) is 20.5. The van der Waals surface area contributed by atoms with Gasteiger partial charge in [0.2, 0.25) is 0 Å². The lowest BCUT2D eigenvalue weighted by Gasteiger charge is -2.15. The van der Waals surface area contributed by atoms with Gasteiger partial charge in [0.1, 0.15) is 0 Å². The van der Waals surface area contributed by atoms with Gasteiger partial charge in [0, 0.05) is 0 Å². The van der Waals surface area contributed by atoms with Gasteiger partial charge in [0.25, 0.3) is 0 Å². The molecule has 13 aromatic rings. The van der Waals surface area contributed by atoms with Crippen molar-refractivity contribution in [3.63, 3.8) is 0 Å². The van der Waals surface area contributed by atoms with Crippen molar-refractivity contribution in [2.45, 2.75) is 41.5 Å². The van der Waals surface area contributed by atoms with Crippen LogP contribution < -0.4 is 0 Å². The Morgan fingerprint density at radius 2 is 0.403 bits per heavy atom. The van der Waals surface area contributed by atoms with Crippen molar-refractivity contribution in [1.82, 2.24) is 0 Å². The molecular weight excluding hydrogens is 865 g/mol. The summed E-state index contributed by atoms with van der Waals surface area (Å²) in [5, 5.41) is 15.8. The van der Waals surface area contributed by atoms with E-state index in [2.05, 4.69) is 260 Å². The fraction of sp³-hybridized carbons (Fsp3) is 0.0833. The van der Waals surface area contributed by atoms with Gasteiger partial charge in [0.05, 0.1) is 0 Å². The fourth-order valence-electron chi connectivity index (χ4n) is 11.7. The predicted molar refractivity (Wildman–Crippen MR) is 313 cm³/mol. The van der Waals surface area contributed by atoms with Gasteiger partial charge in [-0.15, -0.1) is 0 Å². The van der Waals surface area contributed by atoms with Crippen LogP contribution in [0.15, 0.2) is 218 Å². The molecule has 0 atom stereocenters. The van der Waals surface area contributed by atoms with E-state index in [1.807, 2.05) is 0 Å². The smallest absolute Gasteiger partial charge is 0.00927 e. The van der Waals surface area contributed by atoms with Crippen LogP contribution in [-0.2, 0) is 0 Å². The van der Waals surface area contributed by atoms with Crippen LogP contribution in [0.25, 0.3) is 131 Å². The highest BCUT2D eigenvalue weighted by molar-refractivity contribution is 6.27. The van der Waals surface area contributed by atoms with E-state index in [0.717, 1.165) is 0 Å². The molecule has 0 unspecified atom stereocenters. The van der Waals surface area contributed by atoms with E-state index in [1.54, 1.807) is 0 Å². The molecule has 0 heteroatoms. The molecule has 0 spiro atoms. The second-order valence-corrected chi connectivity index (χ2v) is 20.4. The van der Waals surface area contributed by atoms with Gasteiger partial charge in [-0.25, -0.2) is 0 Å². The zero-order chi connectivity index (χ0) is 48.8. The first-order chi connectivity index (χ1) is 35.1. The number of fused-ring (bicyclic) bond motifs is 12. The number of hydrogen-bond donors (Lipinski definition) is 0. The second-order valence-electron chi connectivity index (χ2n) is 20.4. The number of hydrogen-bond acceptors (Lipinski definition) is 0. The average Bonchev–Trinajstić information content (AvgIpc) is 3.42. The number of benzene rings is 13. The van der Waals surface area contributed by atoms with E-state index < -0.39 is 0 Å². The second kappa shape index (κ2) is 17.1. The molecule has 342 valence electrons. The highest BCUT2D eigenvalue weighted by atomic mass is 14.2. The van der Waals surface area contributed by atoms with Crippen molar-refractivity contribution >= 4 is 64.6 Å². The topological polar surface area (TPSA) is 0 Å². The molecule has 0 bridgehead atoms. The van der Waals surface area contributed by atoms with Crippen LogP contribution in [-0.4, -0.2) is 0 Å². The number of aryl methyl sites for hydroxylation is 6. The van der Waals surface area contributed by atoms with Gasteiger partial charge < -0.3 is 0 Å². The molecule has 0 aliphatic rings. The molecular formula is C72H54. The third kappa shape index (κ3) is 7.29. The lowest BCUT2D eigenvalue weighted by Crippen LogP contribution is -1.89. The molecule has 0 saturated heterocycles. The van der Waals surface area contributed by atoms with Crippen molar-refractivity contribution < 1.29 is 0 Å². The minimum absolute atomic E-state index is 1.22. The van der Waals surface area contributed by atoms with Crippen LogP contribution in [0.2, 0.25) is 0 Å². The molecule has 0 aliphatic heterocycles. The lowest BCUT2D eigenvalue weighted by molar-refractivity contribution is 1.37. The molecule has 0 aromatic heterocycles. The molecule has 0 N–H and O–H groups in total. The summed E-state index contributed by atoms with van der Waals surface area (Å²) in [7, 11) is 0. The van der Waals surface area contributed by atoms with Gasteiger partial charge in [0.15, 0.2) is 0 Å². The third-order valence-corrected chi connectivity index (χ3v) is 15.9. The minimum Gasteiger partial charge on any atom is -0.0616 e. The maximum absolute atomic E-state index is 2.40. The van der Waals surface area contributed by atoms with Crippen molar-refractivity contribution in [3.05, 3.63) is 252 Å². The SMILES string of the molecule is Cc1cc2c3ccccc3c3ccc(-c4cccc(-c5ccc(-c6ccc(-c7ccc(-c8cccc(-c9ccc%10c%11ccccc%11c%11cc(C)c(C)cc%11c%10c9)c8)cc7C)cc6)c(C)c5)c4)cc3c2cc1C. The standard InChI is InChI=1S/C72H54/c1-43-35-67-63-19-9-7-17-61(63)65-31-27-57(41-71(65)69(67)37-45(43)3)53-15-11-13-51(39-53)55-25-29-59(47(5)33-55)49-21-23-50(24-22-49)60-30-26-56(34-48(60)6)52-14-12-16-54(40-52)58-28-32-66-62-18-8-10-20-64(62)68-36-44(2)46(4)38-70(68)72(66)42-58/h7-42H,1-6H3. The molecule has 72 heavy (non-hydrogen) atoms. The van der Waals surface area contributed by atoms with Gasteiger partial charge in [-0.2, -0.15) is 0 Å². The fourth-order valence-corrected chi connectivity index (χ4v) is 11.7. The molecule has 0 saturated carbocycles. The number of rotatable bonds is 6. The molecule has 0 fully saturated rings. The maximum Gasteiger partial charge on any atom is -0.00927 e. The van der Waals surface area contributed by atoms with Crippen LogP contribution in [0.5, 0.6) is 0 Å². The maximum atomic E-state index is 2.40. The Labute approximate surface area is 422 Å². The van der Waals surface area contributed by atoms with Crippen molar-refractivity contribution in [2.75, 3.05) is 0 Å². The highest BCUT2D eigenvalue weighted by Crippen LogP contribution is 2.42. The van der Waals surface area contributed by atoms with Crippen LogP contribution in [0.4, 0.5) is 0 Å². The molecule has 0 nitrogen and oxygen atoms in total. The summed E-state index contributed by atoms with van der Waals surface area (Å²) in [5.41, 5.74) is 22.6. The molecule has 0 aliphatic carbocycles. The van der Waals surface area contributed by atoms with Crippen LogP contribution >= 0.6 is 0 Å². The Morgan fingerprint density at radius 3 is 0.750 bits per heavy atom. The summed E-state index contributed by atoms with van der Waals surface area (Å²) in [6.45, 7) is 13.4. The van der Waals surface area contributed by atoms with Crippen LogP contribution in [0.1, 0.15) is 33.4 Å². The molecule has 0 radical (unpaired) electrons. The minimum atomic E-state index is 1.22. The van der Waals surface area contributed by atoms with Gasteiger partial charge in [-0.1, -0.05) is 194 Å². The van der Waals surface area contributed by atoms with E-state index in [1.165, 1.54) is 165 Å². The third-order valence-electron chi connectivity index (χ3n) is 15.9. The van der Waals surface area contributed by atoms with E-state index in [-0.39, 0.29) is 0 Å². The van der Waals surface area contributed by atoms with E-state index >= 15 is 0 Å². The van der Waals surface area contributed by atoms with Crippen LogP contribution in [0.3, 0.4) is 0 Å². The van der Waals surface area contributed by atoms with Crippen molar-refractivity contribution in [2.24, 2.45) is 0 Å². The van der Waals surface area contributed by atoms with Gasteiger partial charge in [-0.3, -0.25) is 0 Å². The summed E-state index contributed by atoms with van der Waals surface area (Å²) in [5.74, 6) is 0. The van der Waals surface area contributed by atoms with E-state index in [0.29, 0.717) is 0 Å². The quantitative estimate of drug-likeness (QED) is 0.146. The van der Waals surface area contributed by atoms with Gasteiger partial charge in [-0.05, 0) is 231 Å². The zero-order valence-corrected chi connectivity index (χ0v) is 41.8. The Hall–Kier alpha value is -8.58. The van der Waals surface area contributed by atoms with Crippen molar-refractivity contribution in [3.8, 4) is 66.8 Å². The molecule has 0 heterocycles. The monoisotopic (exact) mass is 918 g/mol. The highest BCUT2D eigenvalue weighted by Gasteiger charge is 2.15. The Bertz CT molecular complexity index is 4090. The molecule has 13 rings (SSSR count). The van der Waals surface area contributed by atoms with E-state index in [4.69, 9.17) is 0 Å². The first kappa shape index (κ1) is 43.4. The Morgan fingerprint density at radius 1 is 0.153 bits per heavy atom. The average molecular weight is 919 g/mol. The van der Waals surface area contributed by atoms with Crippen molar-refractivity contribution in [1.29, 1.82) is 0 Å². The van der Waals surface area contributed by atoms with Gasteiger partial charge >= 0.3 is 0 Å². The summed E-state index contributed by atoms with van der Waals surface area (Å²) in [6.07, 6.45) is 0. The first-order valence-corrected chi connectivity index (χ1v) is 25.4. The normalized spacial score (nSPS) is 11.8. The van der Waals surface area contributed by atoms with E-state index in [9.17, 15) is 0 Å². The molecule has 13 aromatic carbocycles. The summed E-state index contributed by atoms with van der Waals surface area (Å²) in [6, 6.07) is 82.3. The zero-order valence-electron chi connectivity index (χ0n) is 41.8. The largest absolute Gasteiger partial charge is 0.0616 e. The Balaban J connectivity index is 0.761. The summed E-state index contributed by atoms with van der Waals surface area (Å²) >= 11 is 0. The Kier molecular flexibility index (Phi) is 10.3. The summed E-state index contributed by atoms with van der Waals surface area (Å²) < 4.78 is 0. The lowest BCUT2D eigenvalue weighted by atomic mass is 9.89. The first-order valence-electron chi connectivity index (χ1n) is 25.4. The summed E-state index contributed by atoms with van der Waals surface area (Å²) in [4.78, 5) is 0.